The maximum atomic E-state index is 13.3. The third-order valence-corrected chi connectivity index (χ3v) is 13.5. The van der Waals surface area contributed by atoms with Gasteiger partial charge in [0.15, 0.2) is 8.32 Å². The molecule has 2 N–H and O–H groups in total. The van der Waals surface area contributed by atoms with E-state index in [9.17, 15) is 19.2 Å². The van der Waals surface area contributed by atoms with Crippen molar-refractivity contribution >= 4 is 42.8 Å². The number of thiophene rings is 1. The first-order valence-corrected chi connectivity index (χ1v) is 17.3. The first-order chi connectivity index (χ1) is 17.0. The van der Waals surface area contributed by atoms with Gasteiger partial charge >= 0.3 is 5.97 Å². The normalized spacial score (nSPS) is 15.2. The fraction of sp³-hybridized carbons (Fsp3) is 0.556. The molecule has 206 valence electrons. The highest BCUT2D eigenvalue weighted by molar-refractivity contribution is 7.90. The minimum Gasteiger partial charge on any atom is -0.598 e. The lowest BCUT2D eigenvalue weighted by Gasteiger charge is -2.37. The molecule has 0 aliphatic rings. The van der Waals surface area contributed by atoms with Crippen LogP contribution in [0.1, 0.15) is 65.5 Å². The van der Waals surface area contributed by atoms with Crippen LogP contribution in [0, 0.1) is 0 Å². The number of rotatable bonds is 13. The number of ether oxygens (including phenoxy) is 1. The number of aliphatic carboxylic acids is 1. The molecule has 10 heteroatoms. The van der Waals surface area contributed by atoms with Crippen molar-refractivity contribution < 1.29 is 28.4 Å². The summed E-state index contributed by atoms with van der Waals surface area (Å²) < 4.78 is 28.0. The molecule has 1 aromatic carbocycles. The van der Waals surface area contributed by atoms with Gasteiger partial charge in [-0.15, -0.1) is 4.72 Å². The van der Waals surface area contributed by atoms with Crippen LogP contribution in [0.2, 0.25) is 18.1 Å². The van der Waals surface area contributed by atoms with Gasteiger partial charge in [0.1, 0.15) is 34.8 Å². The second kappa shape index (κ2) is 12.4. The zero-order valence-electron chi connectivity index (χ0n) is 23.2. The number of Topliss-reactive ketones (excluding diaryl/α,β-unsaturated/α-hetero) is 1. The molecule has 1 aromatic heterocycles. The number of benzene rings is 1. The summed E-state index contributed by atoms with van der Waals surface area (Å²) in [6, 6.07) is 9.16. The molecule has 7 nitrogen and oxygen atoms in total. The van der Waals surface area contributed by atoms with Gasteiger partial charge in [-0.25, -0.2) is 0 Å². The van der Waals surface area contributed by atoms with Crippen LogP contribution in [-0.4, -0.2) is 47.7 Å². The van der Waals surface area contributed by atoms with Crippen molar-refractivity contribution in [2.45, 2.75) is 82.8 Å². The fourth-order valence-electron chi connectivity index (χ4n) is 3.38. The molecule has 0 amide bonds. The number of carbonyl (C=O) groups is 2. The first kappa shape index (κ1) is 31.5. The summed E-state index contributed by atoms with van der Waals surface area (Å²) in [6.07, 6.45) is -0.760. The van der Waals surface area contributed by atoms with Crippen LogP contribution in [0.25, 0.3) is 0 Å². The molecule has 0 fully saturated rings. The van der Waals surface area contributed by atoms with Gasteiger partial charge in [-0.1, -0.05) is 32.9 Å². The maximum absolute atomic E-state index is 13.3. The molecule has 2 rings (SSSR count). The quantitative estimate of drug-likeness (QED) is 0.135. The van der Waals surface area contributed by atoms with Gasteiger partial charge in [0.05, 0.1) is 6.61 Å². The Hall–Kier alpha value is -1.69. The second-order valence-electron chi connectivity index (χ2n) is 11.7. The van der Waals surface area contributed by atoms with E-state index in [1.807, 2.05) is 61.9 Å². The molecule has 0 aliphatic heterocycles. The molecule has 2 aromatic rings. The topological polar surface area (TPSA) is 108 Å². The number of ketones is 1. The Balaban J connectivity index is 2.33. The predicted molar refractivity (Wildman–Crippen MR) is 153 cm³/mol. The van der Waals surface area contributed by atoms with Gasteiger partial charge in [0, 0.05) is 17.8 Å². The van der Waals surface area contributed by atoms with E-state index in [0.717, 1.165) is 5.56 Å². The van der Waals surface area contributed by atoms with Crippen LogP contribution in [0.5, 0.6) is 5.75 Å². The van der Waals surface area contributed by atoms with E-state index in [1.54, 1.807) is 0 Å². The third kappa shape index (κ3) is 8.66. The second-order valence-corrected chi connectivity index (χ2v) is 19.2. The lowest BCUT2D eigenvalue weighted by Crippen LogP contribution is -2.53. The smallest absolute Gasteiger partial charge is 0.310 e. The van der Waals surface area contributed by atoms with E-state index in [-0.39, 0.29) is 11.5 Å². The van der Waals surface area contributed by atoms with Gasteiger partial charge in [-0.05, 0) is 79.0 Å². The first-order valence-electron chi connectivity index (χ1n) is 12.3. The Morgan fingerprint density at radius 3 is 2.14 bits per heavy atom. The largest absolute Gasteiger partial charge is 0.598 e. The lowest BCUT2D eigenvalue weighted by molar-refractivity contribution is -0.140. The molecule has 0 radical (unpaired) electrons. The van der Waals surface area contributed by atoms with Crippen molar-refractivity contribution in [2.75, 3.05) is 13.2 Å². The zero-order valence-corrected chi connectivity index (χ0v) is 25.8. The summed E-state index contributed by atoms with van der Waals surface area (Å²) >= 11 is -0.0823. The van der Waals surface area contributed by atoms with Crippen LogP contribution in [-0.2, 0) is 30.9 Å². The monoisotopic (exact) mass is 567 g/mol. The maximum Gasteiger partial charge on any atom is 0.310 e. The van der Waals surface area contributed by atoms with Crippen LogP contribution in [0.4, 0.5) is 0 Å². The van der Waals surface area contributed by atoms with Crippen molar-refractivity contribution in [1.82, 2.24) is 4.72 Å². The van der Waals surface area contributed by atoms with Gasteiger partial charge in [-0.2, -0.15) is 11.3 Å². The van der Waals surface area contributed by atoms with Crippen molar-refractivity contribution in [3.63, 3.8) is 0 Å². The molecule has 2 atom stereocenters. The highest BCUT2D eigenvalue weighted by Gasteiger charge is 2.44. The average molecular weight is 568 g/mol. The average Bonchev–Trinajstić information content (AvgIpc) is 3.30. The number of hydrogen-bond acceptors (Lipinski definition) is 7. The van der Waals surface area contributed by atoms with Crippen molar-refractivity contribution in [3.05, 3.63) is 52.2 Å². The van der Waals surface area contributed by atoms with E-state index >= 15 is 0 Å². The summed E-state index contributed by atoms with van der Waals surface area (Å²) in [5.74, 6) is -0.999. The standard InChI is InChI=1S/C27H41NO6S2Si/c1-25(2,3)36(32)28-27(21-13-16-35-19-21,18-22(29)17-24(30)31)20-9-11-23(12-10-20)33-14-15-34-37(7,8)26(4,5)6/h9-13,16,19,28H,14-15,17-18H2,1-8H3,(H,30,31). The lowest BCUT2D eigenvalue weighted by atomic mass is 9.80. The van der Waals surface area contributed by atoms with Crippen molar-refractivity contribution in [1.29, 1.82) is 0 Å². The molecule has 0 saturated heterocycles. The van der Waals surface area contributed by atoms with Gasteiger partial charge < -0.3 is 18.8 Å². The van der Waals surface area contributed by atoms with Crippen LogP contribution in [0.15, 0.2) is 41.1 Å². The summed E-state index contributed by atoms with van der Waals surface area (Å²) in [4.78, 5) is 24.1. The Labute approximate surface area is 229 Å². The SMILES string of the molecule is CC(C)(C)[S+]([O-])NC(CC(=O)CC(=O)O)(c1ccc(OCCO[Si](C)(C)C(C)(C)C)cc1)c1ccsc1. The Morgan fingerprint density at radius 1 is 1.03 bits per heavy atom. The summed E-state index contributed by atoms with van der Waals surface area (Å²) in [6.45, 7) is 17.4. The highest BCUT2D eigenvalue weighted by atomic mass is 32.2. The summed E-state index contributed by atoms with van der Waals surface area (Å²) in [5, 5.41) is 13.1. The summed E-state index contributed by atoms with van der Waals surface area (Å²) in [5.41, 5.74) is 0.298. The molecule has 0 spiro atoms. The van der Waals surface area contributed by atoms with E-state index in [1.165, 1.54) is 11.3 Å². The number of carboxylic acids is 1. The van der Waals surface area contributed by atoms with Gasteiger partial charge in [-0.3, -0.25) is 9.59 Å². The molecule has 2 unspecified atom stereocenters. The molecule has 0 saturated carbocycles. The molecular weight excluding hydrogens is 527 g/mol. The van der Waals surface area contributed by atoms with Gasteiger partial charge in [0.2, 0.25) is 0 Å². The van der Waals surface area contributed by atoms with Crippen molar-refractivity contribution in [3.8, 4) is 5.75 Å². The number of nitrogens with one attached hydrogen (secondary N) is 1. The fourth-order valence-corrected chi connectivity index (χ4v) is 6.07. The summed E-state index contributed by atoms with van der Waals surface area (Å²) in [7, 11) is -1.86. The Bertz CT molecular complexity index is 1030. The minimum atomic E-state index is -1.86. The molecule has 0 aliphatic carbocycles. The number of carboxylic acid groups (broad SMARTS) is 1. The molecular formula is C27H41NO6S2Si. The third-order valence-electron chi connectivity index (χ3n) is 6.62. The molecule has 0 bridgehead atoms. The Kier molecular flexibility index (Phi) is 10.6. The minimum absolute atomic E-state index is 0.123. The van der Waals surface area contributed by atoms with E-state index in [0.29, 0.717) is 24.5 Å². The van der Waals surface area contributed by atoms with E-state index in [2.05, 4.69) is 38.6 Å². The van der Waals surface area contributed by atoms with Crippen LogP contribution >= 0.6 is 11.3 Å². The van der Waals surface area contributed by atoms with Crippen LogP contribution < -0.4 is 9.46 Å². The molecule has 37 heavy (non-hydrogen) atoms. The zero-order chi connectivity index (χ0) is 28.1. The van der Waals surface area contributed by atoms with Crippen molar-refractivity contribution in [2.24, 2.45) is 0 Å². The van der Waals surface area contributed by atoms with E-state index in [4.69, 9.17) is 9.16 Å². The number of hydrogen-bond donors (Lipinski definition) is 2. The number of carbonyl (C=O) groups excluding carboxylic acids is 1. The predicted octanol–water partition coefficient (Wildman–Crippen LogP) is 5.88. The molecule has 1 heterocycles. The highest BCUT2D eigenvalue weighted by Crippen LogP contribution is 2.39. The van der Waals surface area contributed by atoms with Gasteiger partial charge in [0.25, 0.3) is 0 Å². The van der Waals surface area contributed by atoms with Crippen LogP contribution in [0.3, 0.4) is 0 Å². The van der Waals surface area contributed by atoms with E-state index < -0.39 is 48.1 Å². The Morgan fingerprint density at radius 2 is 1.65 bits per heavy atom.